The molecule has 0 saturated heterocycles. The Morgan fingerprint density at radius 2 is 2.24 bits per heavy atom. The fourth-order valence-corrected chi connectivity index (χ4v) is 2.39. The molecule has 116 valence electrons. The highest BCUT2D eigenvalue weighted by atomic mass is 16.6. The second kappa shape index (κ2) is 6.76. The number of nitrogens with zero attached hydrogens (tertiary/aromatic N) is 1. The lowest BCUT2D eigenvalue weighted by Crippen LogP contribution is -2.17. The maximum Gasteiger partial charge on any atom is 0.333 e. The van der Waals surface area contributed by atoms with Gasteiger partial charge in [-0.15, -0.1) is 0 Å². The molecule has 0 atom stereocenters. The number of ether oxygens (including phenoxy) is 1. The normalized spacial score (nSPS) is 15.5. The second-order valence-corrected chi connectivity index (χ2v) is 5.59. The minimum atomic E-state index is -0.404. The molecule has 1 aromatic rings. The van der Waals surface area contributed by atoms with Gasteiger partial charge in [0.25, 0.3) is 0 Å². The van der Waals surface area contributed by atoms with Crippen molar-refractivity contribution in [2.24, 2.45) is 5.41 Å². The van der Waals surface area contributed by atoms with Crippen LogP contribution in [0.15, 0.2) is 18.2 Å². The Bertz CT molecular complexity index is 500. The van der Waals surface area contributed by atoms with Crippen LogP contribution in [-0.2, 0) is 0 Å². The van der Waals surface area contributed by atoms with Crippen LogP contribution in [0.3, 0.4) is 0 Å². The van der Waals surface area contributed by atoms with E-state index in [4.69, 9.17) is 9.84 Å². The third-order valence-corrected chi connectivity index (χ3v) is 3.90. The Morgan fingerprint density at radius 1 is 1.48 bits per heavy atom. The summed E-state index contributed by atoms with van der Waals surface area (Å²) in [4.78, 5) is 10.9. The number of nitro benzene ring substituents is 1. The van der Waals surface area contributed by atoms with Gasteiger partial charge in [-0.2, -0.15) is 0 Å². The minimum absolute atomic E-state index is 0.00857. The summed E-state index contributed by atoms with van der Waals surface area (Å²) in [7, 11) is 0. The summed E-state index contributed by atoms with van der Waals surface area (Å²) in [5, 5.41) is 23.6. The van der Waals surface area contributed by atoms with Gasteiger partial charge in [0.05, 0.1) is 11.5 Å². The number of aliphatic hydroxyl groups is 1. The highest BCUT2D eigenvalue weighted by molar-refractivity contribution is 5.68. The van der Waals surface area contributed by atoms with E-state index in [-0.39, 0.29) is 17.7 Å². The molecule has 21 heavy (non-hydrogen) atoms. The van der Waals surface area contributed by atoms with Gasteiger partial charge in [0.15, 0.2) is 5.75 Å². The summed E-state index contributed by atoms with van der Waals surface area (Å²) in [5.41, 5.74) is 0.576. The maximum absolute atomic E-state index is 11.3. The van der Waals surface area contributed by atoms with Gasteiger partial charge in [0.2, 0.25) is 0 Å². The van der Waals surface area contributed by atoms with Crippen molar-refractivity contribution in [1.29, 1.82) is 0 Å². The predicted molar refractivity (Wildman–Crippen MR) is 80.7 cm³/mol. The Kier molecular flexibility index (Phi) is 5.01. The minimum Gasteiger partial charge on any atom is -0.487 e. The highest BCUT2D eigenvalue weighted by Crippen LogP contribution is 2.49. The number of nitro groups is 1. The third-order valence-electron chi connectivity index (χ3n) is 3.90. The third kappa shape index (κ3) is 3.85. The zero-order chi connectivity index (χ0) is 15.3. The van der Waals surface area contributed by atoms with Crippen LogP contribution in [0.5, 0.6) is 5.75 Å². The van der Waals surface area contributed by atoms with Crippen molar-refractivity contribution in [1.82, 2.24) is 0 Å². The Labute approximate surface area is 124 Å². The Morgan fingerprint density at radius 3 is 2.81 bits per heavy atom. The number of rotatable bonds is 9. The second-order valence-electron chi connectivity index (χ2n) is 5.59. The number of nitrogens with one attached hydrogen (secondary N) is 1. The molecule has 1 saturated carbocycles. The maximum atomic E-state index is 11.3. The van der Waals surface area contributed by atoms with E-state index in [9.17, 15) is 10.1 Å². The summed E-state index contributed by atoms with van der Waals surface area (Å²) in [6.45, 7) is 3.22. The first kappa shape index (κ1) is 15.6. The molecular formula is C15H22N2O4. The van der Waals surface area contributed by atoms with Crippen LogP contribution in [0.25, 0.3) is 0 Å². The van der Waals surface area contributed by atoms with E-state index in [1.54, 1.807) is 18.2 Å². The van der Waals surface area contributed by atoms with Gasteiger partial charge in [-0.1, -0.05) is 13.0 Å². The number of para-hydroxylation sites is 1. The molecule has 2 N–H and O–H groups in total. The number of hydrogen-bond acceptors (Lipinski definition) is 5. The summed E-state index contributed by atoms with van der Waals surface area (Å²) in [6, 6.07) is 5.08. The van der Waals surface area contributed by atoms with Crippen LogP contribution in [-0.4, -0.2) is 29.8 Å². The largest absolute Gasteiger partial charge is 0.487 e. The van der Waals surface area contributed by atoms with Crippen molar-refractivity contribution in [3.8, 4) is 5.75 Å². The predicted octanol–water partition coefficient (Wildman–Crippen LogP) is 2.96. The molecule has 1 fully saturated rings. The molecule has 1 aliphatic carbocycles. The zero-order valence-electron chi connectivity index (χ0n) is 12.3. The van der Waals surface area contributed by atoms with Crippen LogP contribution in [0.4, 0.5) is 11.4 Å². The van der Waals surface area contributed by atoms with Gasteiger partial charge < -0.3 is 15.2 Å². The van der Waals surface area contributed by atoms with E-state index in [1.807, 2.05) is 6.92 Å². The monoisotopic (exact) mass is 294 g/mol. The van der Waals surface area contributed by atoms with Crippen molar-refractivity contribution >= 4 is 11.4 Å². The topological polar surface area (TPSA) is 84.6 Å². The van der Waals surface area contributed by atoms with Gasteiger partial charge in [-0.05, 0) is 43.2 Å². The molecule has 0 bridgehead atoms. The lowest BCUT2D eigenvalue weighted by molar-refractivity contribution is -0.385. The molecule has 0 aliphatic heterocycles. The van der Waals surface area contributed by atoms with E-state index < -0.39 is 4.92 Å². The van der Waals surface area contributed by atoms with Gasteiger partial charge in [-0.25, -0.2) is 0 Å². The van der Waals surface area contributed by atoms with E-state index in [2.05, 4.69) is 5.32 Å². The van der Waals surface area contributed by atoms with E-state index in [0.717, 1.165) is 25.7 Å². The average Bonchev–Trinajstić information content (AvgIpc) is 3.23. The quantitative estimate of drug-likeness (QED) is 0.540. The lowest BCUT2D eigenvalue weighted by atomic mass is 10.0. The molecular weight excluding hydrogens is 272 g/mol. The van der Waals surface area contributed by atoms with Gasteiger partial charge in [0.1, 0.15) is 5.69 Å². The highest BCUT2D eigenvalue weighted by Gasteiger charge is 2.41. The number of aliphatic hydroxyl groups excluding tert-OH is 1. The smallest absolute Gasteiger partial charge is 0.333 e. The van der Waals surface area contributed by atoms with Gasteiger partial charge >= 0.3 is 5.69 Å². The van der Waals surface area contributed by atoms with E-state index >= 15 is 0 Å². The van der Waals surface area contributed by atoms with Crippen LogP contribution in [0.2, 0.25) is 0 Å². The standard InChI is InChI=1S/C15H22N2O4/c1-2-10-21-13-5-3-4-12(14(13)17(19)20)16-11-15(6-7-15)8-9-18/h3-5,16,18H,2,6-11H2,1H3. The number of anilines is 1. The molecule has 0 aromatic heterocycles. The number of hydrogen-bond donors (Lipinski definition) is 2. The van der Waals surface area contributed by atoms with Crippen molar-refractivity contribution < 1.29 is 14.8 Å². The molecule has 0 amide bonds. The Balaban J connectivity index is 2.12. The molecule has 0 spiro atoms. The molecule has 1 aromatic carbocycles. The summed E-state index contributed by atoms with van der Waals surface area (Å²) in [6.07, 6.45) is 3.65. The molecule has 1 aliphatic rings. The fraction of sp³-hybridized carbons (Fsp3) is 0.600. The molecule has 0 heterocycles. The molecule has 2 rings (SSSR count). The first-order valence-electron chi connectivity index (χ1n) is 7.37. The van der Waals surface area contributed by atoms with Crippen LogP contribution >= 0.6 is 0 Å². The fourth-order valence-electron chi connectivity index (χ4n) is 2.39. The molecule has 6 nitrogen and oxygen atoms in total. The SMILES string of the molecule is CCCOc1cccc(NCC2(CCO)CC2)c1[N+](=O)[O-]. The van der Waals surface area contributed by atoms with Crippen molar-refractivity contribution in [2.45, 2.75) is 32.6 Å². The van der Waals surface area contributed by atoms with Crippen LogP contribution in [0.1, 0.15) is 32.6 Å². The van der Waals surface area contributed by atoms with Crippen molar-refractivity contribution in [3.63, 3.8) is 0 Å². The first-order chi connectivity index (χ1) is 10.1. The summed E-state index contributed by atoms with van der Waals surface area (Å²) in [5.74, 6) is 0.304. The molecule has 0 unspecified atom stereocenters. The number of benzene rings is 1. The van der Waals surface area contributed by atoms with E-state index in [1.165, 1.54) is 0 Å². The molecule has 0 radical (unpaired) electrons. The lowest BCUT2D eigenvalue weighted by Gasteiger charge is -2.16. The van der Waals surface area contributed by atoms with Crippen molar-refractivity contribution in [3.05, 3.63) is 28.3 Å². The first-order valence-corrected chi connectivity index (χ1v) is 7.37. The summed E-state index contributed by atoms with van der Waals surface area (Å²) >= 11 is 0. The van der Waals surface area contributed by atoms with Crippen LogP contribution in [0, 0.1) is 15.5 Å². The molecule has 6 heteroatoms. The van der Waals surface area contributed by atoms with E-state index in [0.29, 0.717) is 24.6 Å². The van der Waals surface area contributed by atoms with Crippen LogP contribution < -0.4 is 10.1 Å². The zero-order valence-corrected chi connectivity index (χ0v) is 12.3. The van der Waals surface area contributed by atoms with Gasteiger partial charge in [-0.3, -0.25) is 10.1 Å². The summed E-state index contributed by atoms with van der Waals surface area (Å²) < 4.78 is 5.46. The van der Waals surface area contributed by atoms with Gasteiger partial charge in [0, 0.05) is 13.2 Å². The average molecular weight is 294 g/mol. The van der Waals surface area contributed by atoms with Crippen molar-refractivity contribution in [2.75, 3.05) is 25.1 Å². The Hall–Kier alpha value is -1.82.